The summed E-state index contributed by atoms with van der Waals surface area (Å²) in [6, 6.07) is 16.8. The minimum absolute atomic E-state index is 0.319. The van der Waals surface area contributed by atoms with Gasteiger partial charge in [-0.05, 0) is 31.5 Å². The third kappa shape index (κ3) is 4.90. The van der Waals surface area contributed by atoms with Gasteiger partial charge in [0.2, 0.25) is 0 Å². The molecule has 2 aromatic carbocycles. The van der Waals surface area contributed by atoms with Crippen LogP contribution in [0, 0.1) is 6.92 Å². The molecular weight excluding hydrogens is 318 g/mol. The lowest BCUT2D eigenvalue weighted by Crippen LogP contribution is -2.24. The number of benzene rings is 2. The highest BCUT2D eigenvalue weighted by molar-refractivity contribution is 7.85. The van der Waals surface area contributed by atoms with Gasteiger partial charge in [-0.2, -0.15) is 8.42 Å². The van der Waals surface area contributed by atoms with E-state index in [2.05, 4.69) is 6.58 Å². The second kappa shape index (κ2) is 8.06. The summed E-state index contributed by atoms with van der Waals surface area (Å²) in [6.07, 6.45) is 2.96. The number of rotatable bonds is 7. The first-order valence-electron chi connectivity index (χ1n) is 8.00. The molecule has 2 aromatic rings. The van der Waals surface area contributed by atoms with E-state index in [0.29, 0.717) is 24.3 Å². The Morgan fingerprint density at radius 3 is 2.29 bits per heavy atom. The van der Waals surface area contributed by atoms with Crippen LogP contribution in [0.4, 0.5) is 0 Å². The van der Waals surface area contributed by atoms with Crippen molar-refractivity contribution in [1.82, 2.24) is 0 Å². The predicted octanol–water partition coefficient (Wildman–Crippen LogP) is 3.98. The third-order valence-electron chi connectivity index (χ3n) is 3.76. The molecule has 0 aliphatic carbocycles. The first-order valence-corrected chi connectivity index (χ1v) is 9.44. The molecule has 4 heteroatoms. The van der Waals surface area contributed by atoms with Gasteiger partial charge >= 0.3 is 10.0 Å². The quantitative estimate of drug-likeness (QED) is 0.434. The second-order valence-corrected chi connectivity index (χ2v) is 7.90. The van der Waals surface area contributed by atoms with Crippen LogP contribution in [0.5, 0.6) is 0 Å². The summed E-state index contributed by atoms with van der Waals surface area (Å²) in [5.41, 5.74) is 3.08. The van der Waals surface area contributed by atoms with Gasteiger partial charge in [-0.15, -0.1) is 3.98 Å². The van der Waals surface area contributed by atoms with Crippen LogP contribution in [-0.4, -0.2) is 25.2 Å². The minimum atomic E-state index is -3.55. The lowest BCUT2D eigenvalue weighted by Gasteiger charge is -2.06. The average Bonchev–Trinajstić information content (AvgIpc) is 2.55. The Bertz CT molecular complexity index is 820. The highest BCUT2D eigenvalue weighted by Gasteiger charge is 2.26. The first kappa shape index (κ1) is 18.1. The largest absolute Gasteiger partial charge is 0.394 e. The van der Waals surface area contributed by atoms with Crippen LogP contribution in [0.15, 0.2) is 71.6 Å². The number of sulfonamides is 1. The van der Waals surface area contributed by atoms with E-state index in [1.54, 1.807) is 18.3 Å². The van der Waals surface area contributed by atoms with E-state index in [1.807, 2.05) is 56.3 Å². The van der Waals surface area contributed by atoms with Crippen LogP contribution in [0.25, 0.3) is 0 Å². The van der Waals surface area contributed by atoms with Gasteiger partial charge in [-0.1, -0.05) is 60.2 Å². The maximum Gasteiger partial charge on any atom is 0.394 e. The molecule has 0 aliphatic heterocycles. The Morgan fingerprint density at radius 2 is 1.71 bits per heavy atom. The molecule has 0 saturated heterocycles. The normalized spacial score (nSPS) is 12.2. The summed E-state index contributed by atoms with van der Waals surface area (Å²) >= 11 is 0. The fourth-order valence-electron chi connectivity index (χ4n) is 2.28. The van der Waals surface area contributed by atoms with E-state index in [4.69, 9.17) is 0 Å². The summed E-state index contributed by atoms with van der Waals surface area (Å²) in [7, 11) is -3.55. The van der Waals surface area contributed by atoms with Crippen molar-refractivity contribution in [3.63, 3.8) is 0 Å². The molecule has 0 fully saturated rings. The molecule has 0 N–H and O–H groups in total. The van der Waals surface area contributed by atoms with Gasteiger partial charge in [-0.25, -0.2) is 0 Å². The topological polar surface area (TPSA) is 37.1 Å². The van der Waals surface area contributed by atoms with E-state index in [1.165, 1.54) is 3.98 Å². The van der Waals surface area contributed by atoms with Crippen molar-refractivity contribution in [2.75, 3.05) is 6.54 Å². The van der Waals surface area contributed by atoms with E-state index in [-0.39, 0.29) is 0 Å². The fourth-order valence-corrected chi connectivity index (χ4v) is 3.63. The van der Waals surface area contributed by atoms with E-state index >= 15 is 0 Å². The smallest absolute Gasteiger partial charge is 0.159 e. The Kier molecular flexibility index (Phi) is 6.10. The lowest BCUT2D eigenvalue weighted by atomic mass is 10.2. The average molecular weight is 342 g/mol. The van der Waals surface area contributed by atoms with Crippen LogP contribution in [0.2, 0.25) is 0 Å². The SMILES string of the molecule is C=C(C)CC[N+](=CCc1ccccc1)S(=O)(=O)c1ccc(C)cc1. The fraction of sp³-hybridized carbons (Fsp3) is 0.250. The van der Waals surface area contributed by atoms with Gasteiger partial charge in [-0.3, -0.25) is 0 Å². The summed E-state index contributed by atoms with van der Waals surface area (Å²) < 4.78 is 27.3. The summed E-state index contributed by atoms with van der Waals surface area (Å²) in [6.45, 7) is 8.13. The zero-order chi connectivity index (χ0) is 17.6. The molecular formula is C20H24NO2S+. The molecule has 0 amide bonds. The van der Waals surface area contributed by atoms with Gasteiger partial charge in [0.25, 0.3) is 0 Å². The van der Waals surface area contributed by atoms with Gasteiger partial charge in [0.1, 0.15) is 4.90 Å². The lowest BCUT2D eigenvalue weighted by molar-refractivity contribution is -0.361. The molecule has 2 rings (SSSR count). The Hall–Kier alpha value is -2.20. The van der Waals surface area contributed by atoms with Crippen molar-refractivity contribution >= 4 is 16.2 Å². The molecule has 3 nitrogen and oxygen atoms in total. The van der Waals surface area contributed by atoms with Crippen LogP contribution < -0.4 is 0 Å². The van der Waals surface area contributed by atoms with Gasteiger partial charge in [0.15, 0.2) is 12.8 Å². The zero-order valence-corrected chi connectivity index (χ0v) is 15.1. The van der Waals surface area contributed by atoms with Gasteiger partial charge in [0.05, 0.1) is 6.42 Å². The molecule has 0 atom stereocenters. The van der Waals surface area contributed by atoms with E-state index in [9.17, 15) is 8.42 Å². The highest BCUT2D eigenvalue weighted by atomic mass is 32.2. The van der Waals surface area contributed by atoms with Crippen molar-refractivity contribution in [3.05, 3.63) is 77.9 Å². The predicted molar refractivity (Wildman–Crippen MR) is 99.1 cm³/mol. The monoisotopic (exact) mass is 342 g/mol. The molecule has 24 heavy (non-hydrogen) atoms. The molecule has 0 unspecified atom stereocenters. The number of aryl methyl sites for hydroxylation is 1. The van der Waals surface area contributed by atoms with Crippen molar-refractivity contribution in [2.24, 2.45) is 0 Å². The summed E-state index contributed by atoms with van der Waals surface area (Å²) in [4.78, 5) is 0.319. The van der Waals surface area contributed by atoms with Crippen LogP contribution >= 0.6 is 0 Å². The molecule has 0 heterocycles. The van der Waals surface area contributed by atoms with Crippen molar-refractivity contribution in [2.45, 2.75) is 31.6 Å². The van der Waals surface area contributed by atoms with Crippen molar-refractivity contribution < 1.29 is 12.4 Å². The van der Waals surface area contributed by atoms with E-state index < -0.39 is 10.0 Å². The number of hydrogen-bond acceptors (Lipinski definition) is 2. The molecule has 0 bridgehead atoms. The molecule has 0 spiro atoms. The molecule has 0 aromatic heterocycles. The molecule has 0 aliphatic rings. The van der Waals surface area contributed by atoms with Crippen LogP contribution in [-0.2, 0) is 16.4 Å². The summed E-state index contributed by atoms with van der Waals surface area (Å²) in [5, 5.41) is 0. The van der Waals surface area contributed by atoms with Crippen molar-refractivity contribution in [1.29, 1.82) is 0 Å². The Labute approximate surface area is 145 Å². The maximum atomic E-state index is 12.9. The number of hydrogen-bond donors (Lipinski definition) is 0. The Balaban J connectivity index is 2.33. The molecule has 126 valence electrons. The van der Waals surface area contributed by atoms with Gasteiger partial charge in [0, 0.05) is 6.42 Å². The zero-order valence-electron chi connectivity index (χ0n) is 14.3. The standard InChI is InChI=1S/C20H24NO2S/c1-17(2)13-15-21(16-14-19-7-5-4-6-8-19)24(22,23)20-11-9-18(3)10-12-20/h4-12,16H,1,13-15H2,2-3H3/q+1. The number of nitrogens with zero attached hydrogens (tertiary/aromatic N) is 1. The van der Waals surface area contributed by atoms with Crippen LogP contribution in [0.3, 0.4) is 0 Å². The molecule has 0 saturated carbocycles. The van der Waals surface area contributed by atoms with E-state index in [0.717, 1.165) is 16.7 Å². The first-order chi connectivity index (χ1) is 11.4. The third-order valence-corrected chi connectivity index (χ3v) is 5.58. The van der Waals surface area contributed by atoms with Crippen LogP contribution in [0.1, 0.15) is 24.5 Å². The van der Waals surface area contributed by atoms with Gasteiger partial charge < -0.3 is 0 Å². The summed E-state index contributed by atoms with van der Waals surface area (Å²) in [5.74, 6) is 0. The highest BCUT2D eigenvalue weighted by Crippen LogP contribution is 2.14. The minimum Gasteiger partial charge on any atom is -0.159 e. The van der Waals surface area contributed by atoms with Crippen molar-refractivity contribution in [3.8, 4) is 0 Å². The second-order valence-electron chi connectivity index (χ2n) is 6.01. The molecule has 0 radical (unpaired) electrons. The Morgan fingerprint density at radius 1 is 1.08 bits per heavy atom. The maximum absolute atomic E-state index is 12.9.